The van der Waals surface area contributed by atoms with E-state index in [9.17, 15) is 4.79 Å². The van der Waals surface area contributed by atoms with Crippen molar-refractivity contribution in [1.82, 2.24) is 20.1 Å². The molecule has 3 rings (SSSR count). The lowest BCUT2D eigenvalue weighted by Crippen LogP contribution is -2.24. The monoisotopic (exact) mass is 368 g/mol. The first-order chi connectivity index (χ1) is 12.7. The van der Waals surface area contributed by atoms with Gasteiger partial charge < -0.3 is 10.1 Å². The molecule has 2 aromatic carbocycles. The smallest absolute Gasteiger partial charge is 0.230 e. The van der Waals surface area contributed by atoms with Crippen molar-refractivity contribution in [3.63, 3.8) is 0 Å². The van der Waals surface area contributed by atoms with Crippen molar-refractivity contribution in [2.45, 2.75) is 18.6 Å². The molecule has 0 bridgehead atoms. The number of aryl methyl sites for hydroxylation is 1. The van der Waals surface area contributed by atoms with E-state index < -0.39 is 0 Å². The SMILES string of the molecule is COc1ccc(CNC(=O)CSc2nncn2-c2ccc(C)cc2)cc1. The van der Waals surface area contributed by atoms with Crippen molar-refractivity contribution in [1.29, 1.82) is 0 Å². The molecule has 1 heterocycles. The second-order valence-electron chi connectivity index (χ2n) is 5.73. The molecule has 0 saturated heterocycles. The number of ether oxygens (including phenoxy) is 1. The van der Waals surface area contributed by atoms with Crippen LogP contribution in [0.5, 0.6) is 5.75 Å². The highest BCUT2D eigenvalue weighted by Crippen LogP contribution is 2.19. The standard InChI is InChI=1S/C19H20N4O2S/c1-14-3-7-16(8-4-14)23-13-21-22-19(23)26-12-18(24)20-11-15-5-9-17(25-2)10-6-15/h3-10,13H,11-12H2,1-2H3,(H,20,24). The lowest BCUT2D eigenvalue weighted by atomic mass is 10.2. The zero-order valence-corrected chi connectivity index (χ0v) is 15.5. The van der Waals surface area contributed by atoms with E-state index in [-0.39, 0.29) is 11.7 Å². The molecule has 1 N–H and O–H groups in total. The minimum atomic E-state index is -0.0516. The molecular weight excluding hydrogens is 348 g/mol. The predicted molar refractivity (Wildman–Crippen MR) is 102 cm³/mol. The molecule has 0 radical (unpaired) electrons. The molecular formula is C19H20N4O2S. The van der Waals surface area contributed by atoms with Crippen molar-refractivity contribution in [2.24, 2.45) is 0 Å². The molecule has 0 fully saturated rings. The molecule has 26 heavy (non-hydrogen) atoms. The Kier molecular flexibility index (Phi) is 5.91. The van der Waals surface area contributed by atoms with Gasteiger partial charge in [-0.3, -0.25) is 9.36 Å². The third-order valence-electron chi connectivity index (χ3n) is 3.81. The van der Waals surface area contributed by atoms with E-state index in [1.165, 1.54) is 17.3 Å². The van der Waals surface area contributed by atoms with Crippen LogP contribution in [0.2, 0.25) is 0 Å². The molecule has 3 aromatic rings. The number of rotatable bonds is 7. The Morgan fingerprint density at radius 3 is 2.58 bits per heavy atom. The summed E-state index contributed by atoms with van der Waals surface area (Å²) in [4.78, 5) is 12.1. The highest BCUT2D eigenvalue weighted by atomic mass is 32.2. The van der Waals surface area contributed by atoms with Gasteiger partial charge in [0.15, 0.2) is 5.16 Å². The van der Waals surface area contributed by atoms with Crippen LogP contribution in [-0.4, -0.2) is 33.5 Å². The number of nitrogens with zero attached hydrogens (tertiary/aromatic N) is 3. The van der Waals surface area contributed by atoms with E-state index in [1.54, 1.807) is 13.4 Å². The first-order valence-corrected chi connectivity index (χ1v) is 9.14. The number of hydrogen-bond acceptors (Lipinski definition) is 5. The Bertz CT molecular complexity index is 860. The number of carbonyl (C=O) groups is 1. The Labute approximate surface area is 156 Å². The first-order valence-electron chi connectivity index (χ1n) is 8.15. The fourth-order valence-corrected chi connectivity index (χ4v) is 3.09. The summed E-state index contributed by atoms with van der Waals surface area (Å²) in [6.07, 6.45) is 1.66. The van der Waals surface area contributed by atoms with Crippen LogP contribution < -0.4 is 10.1 Å². The van der Waals surface area contributed by atoms with Crippen molar-refractivity contribution in [3.05, 3.63) is 66.0 Å². The van der Waals surface area contributed by atoms with Gasteiger partial charge in [-0.15, -0.1) is 10.2 Å². The van der Waals surface area contributed by atoms with Gasteiger partial charge >= 0.3 is 0 Å². The summed E-state index contributed by atoms with van der Waals surface area (Å²) in [7, 11) is 1.63. The van der Waals surface area contributed by atoms with Gasteiger partial charge in [-0.2, -0.15) is 0 Å². The van der Waals surface area contributed by atoms with Gasteiger partial charge in [-0.1, -0.05) is 41.6 Å². The molecule has 134 valence electrons. The fourth-order valence-electron chi connectivity index (χ4n) is 2.33. The summed E-state index contributed by atoms with van der Waals surface area (Å²) < 4.78 is 7.00. The number of amides is 1. The maximum Gasteiger partial charge on any atom is 0.230 e. The van der Waals surface area contributed by atoms with Crippen LogP contribution >= 0.6 is 11.8 Å². The van der Waals surface area contributed by atoms with E-state index >= 15 is 0 Å². The molecule has 7 heteroatoms. The zero-order chi connectivity index (χ0) is 18.4. The first kappa shape index (κ1) is 18.0. The number of carbonyl (C=O) groups excluding carboxylic acids is 1. The summed E-state index contributed by atoms with van der Waals surface area (Å²) in [5.74, 6) is 1.02. The maximum atomic E-state index is 12.1. The van der Waals surface area contributed by atoms with Crippen LogP contribution in [0.4, 0.5) is 0 Å². The van der Waals surface area contributed by atoms with E-state index in [4.69, 9.17) is 4.74 Å². The molecule has 0 aliphatic carbocycles. The largest absolute Gasteiger partial charge is 0.497 e. The number of benzene rings is 2. The summed E-state index contributed by atoms with van der Waals surface area (Å²) in [6.45, 7) is 2.52. The minimum absolute atomic E-state index is 0.0516. The van der Waals surface area contributed by atoms with E-state index in [0.29, 0.717) is 11.7 Å². The van der Waals surface area contributed by atoms with E-state index in [1.807, 2.05) is 60.0 Å². The number of thioether (sulfide) groups is 1. The lowest BCUT2D eigenvalue weighted by Gasteiger charge is -2.08. The molecule has 0 aliphatic rings. The van der Waals surface area contributed by atoms with Crippen LogP contribution in [0.25, 0.3) is 5.69 Å². The second-order valence-corrected chi connectivity index (χ2v) is 6.68. The number of methoxy groups -OCH3 is 1. The zero-order valence-electron chi connectivity index (χ0n) is 14.7. The number of nitrogens with one attached hydrogen (secondary N) is 1. The van der Waals surface area contributed by atoms with Gasteiger partial charge in [0.1, 0.15) is 12.1 Å². The normalized spacial score (nSPS) is 10.5. The van der Waals surface area contributed by atoms with Crippen molar-refractivity contribution in [2.75, 3.05) is 12.9 Å². The van der Waals surface area contributed by atoms with Gasteiger partial charge in [0.25, 0.3) is 0 Å². The Balaban J connectivity index is 1.53. The minimum Gasteiger partial charge on any atom is -0.497 e. The number of aromatic nitrogens is 3. The van der Waals surface area contributed by atoms with Gasteiger partial charge in [0.2, 0.25) is 5.91 Å². The highest BCUT2D eigenvalue weighted by Gasteiger charge is 2.10. The van der Waals surface area contributed by atoms with Crippen LogP contribution in [0.15, 0.2) is 60.0 Å². The van der Waals surface area contributed by atoms with E-state index in [2.05, 4.69) is 15.5 Å². The topological polar surface area (TPSA) is 69.0 Å². The Hall–Kier alpha value is -2.80. The molecule has 1 aromatic heterocycles. The van der Waals surface area contributed by atoms with Crippen LogP contribution in [0, 0.1) is 6.92 Å². The quantitative estimate of drug-likeness (QED) is 0.649. The number of hydrogen-bond donors (Lipinski definition) is 1. The van der Waals surface area contributed by atoms with Crippen molar-refractivity contribution < 1.29 is 9.53 Å². The van der Waals surface area contributed by atoms with Gasteiger partial charge in [0, 0.05) is 12.2 Å². The predicted octanol–water partition coefficient (Wildman–Crippen LogP) is 2.99. The Morgan fingerprint density at radius 1 is 1.15 bits per heavy atom. The van der Waals surface area contributed by atoms with Crippen LogP contribution in [-0.2, 0) is 11.3 Å². The molecule has 1 amide bonds. The van der Waals surface area contributed by atoms with Crippen LogP contribution in [0.1, 0.15) is 11.1 Å². The van der Waals surface area contributed by atoms with Crippen molar-refractivity contribution >= 4 is 17.7 Å². The summed E-state index contributed by atoms with van der Waals surface area (Å²) in [6, 6.07) is 15.7. The maximum absolute atomic E-state index is 12.1. The average molecular weight is 368 g/mol. The van der Waals surface area contributed by atoms with Gasteiger partial charge in [0.05, 0.1) is 12.9 Å². The van der Waals surface area contributed by atoms with Gasteiger partial charge in [-0.05, 0) is 36.8 Å². The lowest BCUT2D eigenvalue weighted by molar-refractivity contribution is -0.118. The summed E-state index contributed by atoms with van der Waals surface area (Å²) in [5.41, 5.74) is 3.18. The molecule has 6 nitrogen and oxygen atoms in total. The third kappa shape index (κ3) is 4.64. The summed E-state index contributed by atoms with van der Waals surface area (Å²) >= 11 is 1.36. The average Bonchev–Trinajstić information content (AvgIpc) is 3.14. The molecule has 0 saturated carbocycles. The fraction of sp³-hybridized carbons (Fsp3) is 0.211. The molecule has 0 atom stereocenters. The summed E-state index contributed by atoms with van der Waals surface area (Å²) in [5, 5.41) is 11.7. The van der Waals surface area contributed by atoms with Gasteiger partial charge in [-0.25, -0.2) is 0 Å². The highest BCUT2D eigenvalue weighted by molar-refractivity contribution is 7.99. The third-order valence-corrected chi connectivity index (χ3v) is 4.75. The molecule has 0 aliphatic heterocycles. The second kappa shape index (κ2) is 8.53. The van der Waals surface area contributed by atoms with Crippen molar-refractivity contribution in [3.8, 4) is 11.4 Å². The van der Waals surface area contributed by atoms with Crippen LogP contribution in [0.3, 0.4) is 0 Å². The van der Waals surface area contributed by atoms with E-state index in [0.717, 1.165) is 17.0 Å². The Morgan fingerprint density at radius 2 is 1.88 bits per heavy atom. The molecule has 0 spiro atoms. The molecule has 0 unspecified atom stereocenters.